The van der Waals surface area contributed by atoms with Gasteiger partial charge in [0.25, 0.3) is 0 Å². The third-order valence-electron chi connectivity index (χ3n) is 4.83. The van der Waals surface area contributed by atoms with Crippen LogP contribution in [0.1, 0.15) is 12.8 Å². The van der Waals surface area contributed by atoms with Gasteiger partial charge in [0.15, 0.2) is 0 Å². The average Bonchev–Trinajstić information content (AvgIpc) is 3.01. The number of amides is 1. The number of carbonyl (C=O) groups excluding carboxylic acids is 1. The summed E-state index contributed by atoms with van der Waals surface area (Å²) in [4.78, 5) is 18.8. The lowest BCUT2D eigenvalue weighted by Gasteiger charge is -2.32. The van der Waals surface area contributed by atoms with Crippen molar-refractivity contribution < 1.29 is 13.9 Å². The topological polar surface area (TPSA) is 36.0 Å². The van der Waals surface area contributed by atoms with Crippen molar-refractivity contribution in [3.63, 3.8) is 0 Å². The molecule has 2 saturated heterocycles. The molecule has 0 N–H and O–H groups in total. The maximum absolute atomic E-state index is 13.2. The molecular weight excluding hydrogens is 309 g/mol. The molecule has 1 unspecified atom stereocenters. The average molecular weight is 335 g/mol. The van der Waals surface area contributed by atoms with Crippen molar-refractivity contribution in [2.45, 2.75) is 18.9 Å². The van der Waals surface area contributed by atoms with Crippen LogP contribution < -0.4 is 4.74 Å². The smallest absolute Gasteiger partial charge is 0.223 e. The van der Waals surface area contributed by atoms with Gasteiger partial charge in [-0.05, 0) is 25.6 Å². The highest BCUT2D eigenvalue weighted by atomic mass is 19.1. The summed E-state index contributed by atoms with van der Waals surface area (Å²) in [5.41, 5.74) is 0. The second-order valence-corrected chi connectivity index (χ2v) is 6.72. The van der Waals surface area contributed by atoms with Gasteiger partial charge in [-0.3, -0.25) is 9.69 Å². The second kappa shape index (κ2) is 7.94. The van der Waals surface area contributed by atoms with Crippen LogP contribution in [0.2, 0.25) is 0 Å². The Balaban J connectivity index is 1.39. The van der Waals surface area contributed by atoms with Crippen LogP contribution in [0.15, 0.2) is 24.3 Å². The number of ether oxygens (including phenoxy) is 1. The highest BCUT2D eigenvalue weighted by Gasteiger charge is 2.25. The first-order chi connectivity index (χ1) is 11.6. The zero-order valence-electron chi connectivity index (χ0n) is 14.3. The molecule has 1 amide bonds. The predicted octanol–water partition coefficient (Wildman–Crippen LogP) is 1.44. The SMILES string of the molecule is CN1CCN(C(=O)CCN2CCC(Oc3cccc(F)c3)C2)CC1. The number of piperazine rings is 1. The van der Waals surface area contributed by atoms with Gasteiger partial charge in [0.1, 0.15) is 17.7 Å². The van der Waals surface area contributed by atoms with E-state index in [1.807, 2.05) is 4.90 Å². The molecule has 2 fully saturated rings. The summed E-state index contributed by atoms with van der Waals surface area (Å²) in [7, 11) is 2.09. The maximum Gasteiger partial charge on any atom is 0.223 e. The fourth-order valence-electron chi connectivity index (χ4n) is 3.30. The molecule has 1 aromatic carbocycles. The van der Waals surface area contributed by atoms with Crippen molar-refractivity contribution in [1.29, 1.82) is 0 Å². The first-order valence-corrected chi connectivity index (χ1v) is 8.71. The molecule has 5 nitrogen and oxygen atoms in total. The van der Waals surface area contributed by atoms with Crippen LogP contribution in [0.25, 0.3) is 0 Å². The summed E-state index contributed by atoms with van der Waals surface area (Å²) in [6, 6.07) is 6.27. The Morgan fingerprint density at radius 1 is 1.25 bits per heavy atom. The van der Waals surface area contributed by atoms with Crippen LogP contribution in [0, 0.1) is 5.82 Å². The van der Waals surface area contributed by atoms with Crippen LogP contribution in [0.5, 0.6) is 5.75 Å². The molecule has 0 spiro atoms. The number of halogens is 1. The van der Waals surface area contributed by atoms with E-state index in [0.29, 0.717) is 12.2 Å². The predicted molar refractivity (Wildman–Crippen MR) is 90.6 cm³/mol. The molecule has 0 radical (unpaired) electrons. The van der Waals surface area contributed by atoms with E-state index in [-0.39, 0.29) is 17.8 Å². The lowest BCUT2D eigenvalue weighted by atomic mass is 10.3. The summed E-state index contributed by atoms with van der Waals surface area (Å²) in [5, 5.41) is 0. The number of likely N-dealkylation sites (N-methyl/N-ethyl adjacent to an activating group) is 1. The molecule has 0 aliphatic carbocycles. The van der Waals surface area contributed by atoms with E-state index in [9.17, 15) is 9.18 Å². The van der Waals surface area contributed by atoms with Gasteiger partial charge in [0.2, 0.25) is 5.91 Å². The minimum Gasteiger partial charge on any atom is -0.489 e. The van der Waals surface area contributed by atoms with Gasteiger partial charge in [-0.25, -0.2) is 4.39 Å². The highest BCUT2D eigenvalue weighted by Crippen LogP contribution is 2.19. The number of nitrogens with zero attached hydrogens (tertiary/aromatic N) is 3. The Labute approximate surface area is 143 Å². The van der Waals surface area contributed by atoms with Crippen molar-refractivity contribution in [2.75, 3.05) is 52.9 Å². The zero-order valence-corrected chi connectivity index (χ0v) is 14.3. The van der Waals surface area contributed by atoms with E-state index in [1.165, 1.54) is 12.1 Å². The molecule has 132 valence electrons. The molecule has 0 aromatic heterocycles. The molecule has 0 saturated carbocycles. The van der Waals surface area contributed by atoms with Gasteiger partial charge in [-0.2, -0.15) is 0 Å². The number of hydrogen-bond donors (Lipinski definition) is 0. The number of benzene rings is 1. The summed E-state index contributed by atoms with van der Waals surface area (Å²) >= 11 is 0. The Kier molecular flexibility index (Phi) is 5.68. The molecule has 0 bridgehead atoms. The molecule has 1 aromatic rings. The molecule has 2 heterocycles. The zero-order chi connectivity index (χ0) is 16.9. The van der Waals surface area contributed by atoms with Gasteiger partial charge in [-0.15, -0.1) is 0 Å². The normalized spacial score (nSPS) is 22.8. The van der Waals surface area contributed by atoms with Gasteiger partial charge in [0.05, 0.1) is 0 Å². The van der Waals surface area contributed by atoms with E-state index < -0.39 is 0 Å². The van der Waals surface area contributed by atoms with Crippen molar-refractivity contribution >= 4 is 5.91 Å². The molecular formula is C18H26FN3O2. The first-order valence-electron chi connectivity index (χ1n) is 8.71. The number of rotatable bonds is 5. The second-order valence-electron chi connectivity index (χ2n) is 6.72. The highest BCUT2D eigenvalue weighted by molar-refractivity contribution is 5.76. The van der Waals surface area contributed by atoms with Crippen molar-refractivity contribution in [3.8, 4) is 5.75 Å². The largest absolute Gasteiger partial charge is 0.489 e. The minimum absolute atomic E-state index is 0.0746. The lowest BCUT2D eigenvalue weighted by Crippen LogP contribution is -2.47. The van der Waals surface area contributed by atoms with Gasteiger partial charge in [-0.1, -0.05) is 6.07 Å². The Morgan fingerprint density at radius 2 is 2.04 bits per heavy atom. The fourth-order valence-corrected chi connectivity index (χ4v) is 3.30. The number of carbonyl (C=O) groups is 1. The molecule has 6 heteroatoms. The first kappa shape index (κ1) is 17.2. The molecule has 2 aliphatic rings. The van der Waals surface area contributed by atoms with Gasteiger partial charge < -0.3 is 14.5 Å². The van der Waals surface area contributed by atoms with Crippen LogP contribution in [-0.4, -0.2) is 79.6 Å². The fraction of sp³-hybridized carbons (Fsp3) is 0.611. The standard InChI is InChI=1S/C18H26FN3O2/c1-20-9-11-22(12-10-20)18(23)6-8-21-7-5-17(14-21)24-16-4-2-3-15(19)13-16/h2-4,13,17H,5-12,14H2,1H3. The third-order valence-corrected chi connectivity index (χ3v) is 4.83. The van der Waals surface area contributed by atoms with Crippen LogP contribution in [0.4, 0.5) is 4.39 Å². The Morgan fingerprint density at radius 3 is 2.79 bits per heavy atom. The van der Waals surface area contributed by atoms with Gasteiger partial charge >= 0.3 is 0 Å². The summed E-state index contributed by atoms with van der Waals surface area (Å²) in [6.07, 6.45) is 1.56. The number of hydrogen-bond acceptors (Lipinski definition) is 4. The van der Waals surface area contributed by atoms with Gasteiger partial charge in [0, 0.05) is 58.3 Å². The molecule has 1 atom stereocenters. The third kappa shape index (κ3) is 4.68. The van der Waals surface area contributed by atoms with E-state index in [1.54, 1.807) is 12.1 Å². The van der Waals surface area contributed by atoms with Crippen molar-refractivity contribution in [1.82, 2.24) is 14.7 Å². The van der Waals surface area contributed by atoms with Crippen molar-refractivity contribution in [3.05, 3.63) is 30.1 Å². The number of likely N-dealkylation sites (tertiary alicyclic amines) is 1. The monoisotopic (exact) mass is 335 g/mol. The van der Waals surface area contributed by atoms with Crippen LogP contribution in [0.3, 0.4) is 0 Å². The van der Waals surface area contributed by atoms with E-state index >= 15 is 0 Å². The van der Waals surface area contributed by atoms with Crippen molar-refractivity contribution in [2.24, 2.45) is 0 Å². The maximum atomic E-state index is 13.2. The summed E-state index contributed by atoms with van der Waals surface area (Å²) in [5.74, 6) is 0.549. The minimum atomic E-state index is -0.278. The lowest BCUT2D eigenvalue weighted by molar-refractivity contribution is -0.133. The quantitative estimate of drug-likeness (QED) is 0.816. The Hall–Kier alpha value is -1.66. The van der Waals surface area contributed by atoms with E-state index in [0.717, 1.165) is 52.2 Å². The molecule has 2 aliphatic heterocycles. The van der Waals surface area contributed by atoms with Crippen LogP contribution in [-0.2, 0) is 4.79 Å². The van der Waals surface area contributed by atoms with E-state index in [2.05, 4.69) is 16.8 Å². The van der Waals surface area contributed by atoms with E-state index in [4.69, 9.17) is 4.74 Å². The van der Waals surface area contributed by atoms with Crippen LogP contribution >= 0.6 is 0 Å². The summed E-state index contributed by atoms with van der Waals surface area (Å²) < 4.78 is 19.0. The summed E-state index contributed by atoms with van der Waals surface area (Å²) in [6.45, 7) is 6.08. The molecule has 3 rings (SSSR count). The molecule has 24 heavy (non-hydrogen) atoms. The Bertz CT molecular complexity index is 561.